The van der Waals surface area contributed by atoms with Gasteiger partial charge in [-0.15, -0.1) is 22.7 Å². The number of carbonyl (C=O) groups excluding carboxylic acids is 1. The molecule has 0 spiro atoms. The monoisotopic (exact) mass is 358 g/mol. The third-order valence-electron chi connectivity index (χ3n) is 4.09. The van der Waals surface area contributed by atoms with E-state index in [1.807, 2.05) is 29.0 Å². The third kappa shape index (κ3) is 2.83. The number of thiophene rings is 2. The second kappa shape index (κ2) is 6.23. The van der Waals surface area contributed by atoms with Crippen LogP contribution in [0.2, 0.25) is 0 Å². The van der Waals surface area contributed by atoms with Crippen LogP contribution in [0.4, 0.5) is 5.95 Å². The lowest BCUT2D eigenvalue weighted by molar-refractivity contribution is 0.103. The van der Waals surface area contributed by atoms with Crippen molar-refractivity contribution in [2.75, 3.05) is 18.0 Å². The highest BCUT2D eigenvalue weighted by atomic mass is 32.1. The Kier molecular flexibility index (Phi) is 4.07. The van der Waals surface area contributed by atoms with Crippen LogP contribution in [0.3, 0.4) is 0 Å². The van der Waals surface area contributed by atoms with Crippen LogP contribution in [0, 0.1) is 0 Å². The predicted octanol–water partition coefficient (Wildman–Crippen LogP) is 3.17. The topological polar surface area (TPSA) is 58.1 Å². The number of aromatic nitrogens is 2. The molecule has 1 N–H and O–H groups in total. The van der Waals surface area contributed by atoms with Crippen molar-refractivity contribution in [3.05, 3.63) is 39.5 Å². The molecule has 1 aliphatic rings. The summed E-state index contributed by atoms with van der Waals surface area (Å²) in [6.07, 6.45) is 0. The van der Waals surface area contributed by atoms with Crippen LogP contribution in [-0.2, 0) is 0 Å². The zero-order chi connectivity index (χ0) is 16.7. The normalized spacial score (nSPS) is 21.3. The van der Waals surface area contributed by atoms with Gasteiger partial charge in [0, 0.05) is 25.2 Å². The highest BCUT2D eigenvalue weighted by Crippen LogP contribution is 2.28. The fourth-order valence-electron chi connectivity index (χ4n) is 3.16. The van der Waals surface area contributed by atoms with Crippen LogP contribution in [0.25, 0.3) is 10.2 Å². The van der Waals surface area contributed by atoms with Gasteiger partial charge in [-0.25, -0.2) is 9.97 Å². The van der Waals surface area contributed by atoms with E-state index >= 15 is 0 Å². The van der Waals surface area contributed by atoms with Crippen molar-refractivity contribution in [2.24, 2.45) is 0 Å². The lowest BCUT2D eigenvalue weighted by atomic mass is 10.1. The minimum absolute atomic E-state index is 0.0164. The number of piperazine rings is 1. The summed E-state index contributed by atoms with van der Waals surface area (Å²) in [5.74, 6) is 0.637. The number of ketones is 1. The van der Waals surface area contributed by atoms with Gasteiger partial charge < -0.3 is 10.2 Å². The lowest BCUT2D eigenvalue weighted by Crippen LogP contribution is -2.54. The molecular weight excluding hydrogens is 340 g/mol. The van der Waals surface area contributed by atoms with E-state index in [9.17, 15) is 4.79 Å². The van der Waals surface area contributed by atoms with Crippen molar-refractivity contribution >= 4 is 44.6 Å². The first kappa shape index (κ1) is 15.7. The zero-order valence-corrected chi connectivity index (χ0v) is 15.2. The summed E-state index contributed by atoms with van der Waals surface area (Å²) in [6, 6.07) is 6.44. The van der Waals surface area contributed by atoms with E-state index in [0.717, 1.165) is 28.2 Å². The average Bonchev–Trinajstić information content (AvgIpc) is 3.23. The maximum Gasteiger partial charge on any atom is 0.226 e. The van der Waals surface area contributed by atoms with Crippen molar-refractivity contribution in [3.63, 3.8) is 0 Å². The second-order valence-corrected chi connectivity index (χ2v) is 8.05. The fourth-order valence-corrected chi connectivity index (χ4v) is 4.64. The highest BCUT2D eigenvalue weighted by Gasteiger charge is 2.25. The highest BCUT2D eigenvalue weighted by molar-refractivity contribution is 7.17. The van der Waals surface area contributed by atoms with Crippen LogP contribution in [-0.4, -0.2) is 40.9 Å². The number of carbonyl (C=O) groups is 1. The lowest BCUT2D eigenvalue weighted by Gasteiger charge is -2.36. The van der Waals surface area contributed by atoms with E-state index in [2.05, 4.69) is 29.0 Å². The van der Waals surface area contributed by atoms with Crippen molar-refractivity contribution in [3.8, 4) is 0 Å². The van der Waals surface area contributed by atoms with Gasteiger partial charge >= 0.3 is 0 Å². The van der Waals surface area contributed by atoms with Gasteiger partial charge in [-0.3, -0.25) is 4.79 Å². The number of hydrogen-bond donors (Lipinski definition) is 1. The summed E-state index contributed by atoms with van der Waals surface area (Å²) in [6.45, 7) is 5.99. The van der Waals surface area contributed by atoms with E-state index in [0.29, 0.717) is 23.7 Å². The maximum absolute atomic E-state index is 12.9. The minimum atomic E-state index is -0.0164. The minimum Gasteiger partial charge on any atom is -0.338 e. The standard InChI is InChI=1S/C17H18N4OS2/c1-10-8-21(9-11(2)18-10)17-19-12-5-7-24-16(12)14(20-17)15(22)13-4-3-6-23-13/h3-7,10-11,18H,8-9H2,1-2H3/t10-,11+. The molecule has 1 aliphatic heterocycles. The van der Waals surface area contributed by atoms with Crippen molar-refractivity contribution in [2.45, 2.75) is 25.9 Å². The first-order valence-corrected chi connectivity index (χ1v) is 9.72. The molecule has 4 heterocycles. The van der Waals surface area contributed by atoms with Gasteiger partial charge in [0.15, 0.2) is 0 Å². The molecule has 0 aromatic carbocycles. The SMILES string of the molecule is C[C@@H]1CN(c2nc(C(=O)c3cccs3)c3sccc3n2)C[C@H](C)N1. The van der Waals surface area contributed by atoms with Crippen LogP contribution >= 0.6 is 22.7 Å². The molecule has 124 valence electrons. The number of nitrogens with zero attached hydrogens (tertiary/aromatic N) is 3. The van der Waals surface area contributed by atoms with Gasteiger partial charge in [-0.2, -0.15) is 0 Å². The molecule has 2 atom stereocenters. The molecule has 3 aromatic heterocycles. The van der Waals surface area contributed by atoms with Crippen molar-refractivity contribution in [1.29, 1.82) is 0 Å². The molecule has 7 heteroatoms. The molecule has 4 rings (SSSR count). The van der Waals surface area contributed by atoms with Gasteiger partial charge in [0.05, 0.1) is 15.1 Å². The molecule has 3 aromatic rings. The molecule has 1 fully saturated rings. The summed E-state index contributed by atoms with van der Waals surface area (Å²) < 4.78 is 0.869. The van der Waals surface area contributed by atoms with Crippen molar-refractivity contribution < 1.29 is 4.79 Å². The molecule has 0 aliphatic carbocycles. The Morgan fingerprint density at radius 3 is 2.67 bits per heavy atom. The Morgan fingerprint density at radius 1 is 1.17 bits per heavy atom. The van der Waals surface area contributed by atoms with Crippen LogP contribution in [0.1, 0.15) is 29.2 Å². The molecule has 5 nitrogen and oxygen atoms in total. The Hall–Kier alpha value is -1.83. The number of hydrogen-bond acceptors (Lipinski definition) is 7. The summed E-state index contributed by atoms with van der Waals surface area (Å²) in [5, 5.41) is 7.40. The third-order valence-corrected chi connectivity index (χ3v) is 5.87. The van der Waals surface area contributed by atoms with Gasteiger partial charge in [0.2, 0.25) is 11.7 Å². The predicted molar refractivity (Wildman–Crippen MR) is 99.4 cm³/mol. The molecule has 0 saturated carbocycles. The van der Waals surface area contributed by atoms with E-state index in [-0.39, 0.29) is 5.78 Å². The maximum atomic E-state index is 12.9. The Balaban J connectivity index is 1.79. The van der Waals surface area contributed by atoms with Crippen molar-refractivity contribution in [1.82, 2.24) is 15.3 Å². The van der Waals surface area contributed by atoms with Gasteiger partial charge in [0.25, 0.3) is 0 Å². The number of fused-ring (bicyclic) bond motifs is 1. The zero-order valence-electron chi connectivity index (χ0n) is 13.5. The Bertz CT molecular complexity index is 864. The largest absolute Gasteiger partial charge is 0.338 e. The van der Waals surface area contributed by atoms with Gasteiger partial charge in [-0.1, -0.05) is 6.07 Å². The van der Waals surface area contributed by atoms with E-state index in [4.69, 9.17) is 4.98 Å². The number of anilines is 1. The summed E-state index contributed by atoms with van der Waals surface area (Å²) in [5.41, 5.74) is 1.37. The van der Waals surface area contributed by atoms with Crippen LogP contribution < -0.4 is 10.2 Å². The molecule has 0 amide bonds. The summed E-state index contributed by atoms with van der Waals surface area (Å²) >= 11 is 2.97. The fraction of sp³-hybridized carbons (Fsp3) is 0.353. The smallest absolute Gasteiger partial charge is 0.226 e. The van der Waals surface area contributed by atoms with E-state index in [1.54, 1.807) is 0 Å². The van der Waals surface area contributed by atoms with Crippen LogP contribution in [0.15, 0.2) is 29.0 Å². The first-order chi connectivity index (χ1) is 11.6. The first-order valence-electron chi connectivity index (χ1n) is 7.96. The summed E-state index contributed by atoms with van der Waals surface area (Å²) in [4.78, 5) is 25.1. The molecule has 1 saturated heterocycles. The number of rotatable bonds is 3. The van der Waals surface area contributed by atoms with Gasteiger partial charge in [0.1, 0.15) is 5.69 Å². The van der Waals surface area contributed by atoms with E-state index < -0.39 is 0 Å². The molecule has 0 bridgehead atoms. The van der Waals surface area contributed by atoms with Crippen LogP contribution in [0.5, 0.6) is 0 Å². The summed E-state index contributed by atoms with van der Waals surface area (Å²) in [7, 11) is 0. The molecule has 24 heavy (non-hydrogen) atoms. The molecular formula is C17H18N4OS2. The molecule has 0 radical (unpaired) electrons. The average molecular weight is 358 g/mol. The van der Waals surface area contributed by atoms with E-state index in [1.165, 1.54) is 22.7 Å². The Labute approximate surface area is 148 Å². The number of nitrogens with one attached hydrogen (secondary N) is 1. The Morgan fingerprint density at radius 2 is 1.96 bits per heavy atom. The van der Waals surface area contributed by atoms with Gasteiger partial charge in [-0.05, 0) is 36.7 Å². The molecule has 0 unspecified atom stereocenters. The quantitative estimate of drug-likeness (QED) is 0.729. The second-order valence-electron chi connectivity index (χ2n) is 6.19.